The number of nitrogens with zero attached hydrogens (tertiary/aromatic N) is 2. The summed E-state index contributed by atoms with van der Waals surface area (Å²) < 4.78 is 65.3. The summed E-state index contributed by atoms with van der Waals surface area (Å²) in [6, 6.07) is 4.63. The van der Waals surface area contributed by atoms with E-state index in [1.165, 1.54) is 0 Å². The minimum absolute atomic E-state index is 0.151. The molecule has 3 aromatic rings. The van der Waals surface area contributed by atoms with Crippen LogP contribution in [-0.4, -0.2) is 49.6 Å². The predicted octanol–water partition coefficient (Wildman–Crippen LogP) is 2.54. The molecule has 8 nitrogen and oxygen atoms in total. The molecule has 2 aromatic carbocycles. The Morgan fingerprint density at radius 3 is 2.39 bits per heavy atom. The quantitative estimate of drug-likeness (QED) is 0.369. The van der Waals surface area contributed by atoms with Crippen LogP contribution >= 0.6 is 11.6 Å². The van der Waals surface area contributed by atoms with Gasteiger partial charge in [-0.3, -0.25) is 9.59 Å². The molecule has 1 heterocycles. The lowest BCUT2D eigenvalue weighted by Gasteiger charge is -2.25. The molecule has 36 heavy (non-hydrogen) atoms. The first-order valence-electron chi connectivity index (χ1n) is 9.61. The molecule has 6 radical (unpaired) electrons. The van der Waals surface area contributed by atoms with Crippen LogP contribution in [0.4, 0.5) is 23.2 Å². The summed E-state index contributed by atoms with van der Waals surface area (Å²) in [5.41, 5.74) is -2.80. The summed E-state index contributed by atoms with van der Waals surface area (Å²) in [4.78, 5) is 24.7. The molecule has 16 heteroatoms. The number of aromatic nitrogens is 2. The average Bonchev–Trinajstić information content (AvgIpc) is 2.74. The smallest absolute Gasteiger partial charge is 0.417 e. The Labute approximate surface area is 209 Å². The third-order valence-corrected chi connectivity index (χ3v) is 4.61. The SMILES string of the molecule is [B]C([B])([B])Oc1cc(F)ccc1Oc1cc(C(F)(F)F)c(Cl)cc1C(=O)Nc1cnn(CO)c(=O)c1. The zero-order valence-corrected chi connectivity index (χ0v) is 18.6. The van der Waals surface area contributed by atoms with E-state index in [4.69, 9.17) is 49.7 Å². The molecule has 2 N–H and O–H groups in total. The molecule has 0 fully saturated rings. The van der Waals surface area contributed by atoms with E-state index in [0.717, 1.165) is 30.5 Å². The van der Waals surface area contributed by atoms with Gasteiger partial charge in [0.25, 0.3) is 11.5 Å². The third kappa shape index (κ3) is 6.61. The van der Waals surface area contributed by atoms with Gasteiger partial charge in [0.15, 0.2) is 11.5 Å². The molecule has 1 amide bonds. The number of aliphatic hydroxyl groups excluding tert-OH is 1. The first-order chi connectivity index (χ1) is 16.7. The molecular weight excluding hydrogens is 506 g/mol. The Kier molecular flexibility index (Phi) is 7.75. The lowest BCUT2D eigenvalue weighted by molar-refractivity contribution is -0.137. The van der Waals surface area contributed by atoms with Gasteiger partial charge in [0.1, 0.15) is 41.8 Å². The van der Waals surface area contributed by atoms with E-state index >= 15 is 0 Å². The number of alkyl halides is 3. The van der Waals surface area contributed by atoms with Gasteiger partial charge >= 0.3 is 6.18 Å². The Balaban J connectivity index is 2.08. The molecule has 1 aromatic heterocycles. The molecule has 0 atom stereocenters. The van der Waals surface area contributed by atoms with Gasteiger partial charge in [0, 0.05) is 12.1 Å². The minimum Gasteiger partial charge on any atom is -0.512 e. The molecule has 180 valence electrons. The summed E-state index contributed by atoms with van der Waals surface area (Å²) in [5.74, 6) is -3.49. The van der Waals surface area contributed by atoms with Crippen molar-refractivity contribution in [3.05, 3.63) is 74.9 Å². The zero-order valence-electron chi connectivity index (χ0n) is 17.8. The number of halogens is 5. The maximum absolute atomic E-state index is 13.7. The lowest BCUT2D eigenvalue weighted by atomic mass is 9.52. The monoisotopic (exact) mass is 517 g/mol. The Morgan fingerprint density at radius 1 is 1.11 bits per heavy atom. The van der Waals surface area contributed by atoms with Crippen LogP contribution in [0.3, 0.4) is 0 Å². The third-order valence-electron chi connectivity index (χ3n) is 4.29. The van der Waals surface area contributed by atoms with Crippen LogP contribution in [0.1, 0.15) is 15.9 Å². The van der Waals surface area contributed by atoms with E-state index in [1.54, 1.807) is 0 Å². The van der Waals surface area contributed by atoms with E-state index in [2.05, 4.69) is 10.4 Å². The highest BCUT2D eigenvalue weighted by molar-refractivity contribution is 6.58. The molecule has 0 aliphatic carbocycles. The highest BCUT2D eigenvalue weighted by Crippen LogP contribution is 2.41. The van der Waals surface area contributed by atoms with Crippen LogP contribution in [0, 0.1) is 5.82 Å². The minimum atomic E-state index is -4.94. The number of ether oxygens (including phenoxy) is 2. The standard InChI is InChI=1S/C20H11B3ClF4N3O5/c21-20(22,23)36-16-3-9(25)1-2-14(16)35-15-6-12(19(26,27)28)13(24)5-11(15)18(34)30-10-4-17(33)31(8-32)29-7-10/h1-7,32H,8H2,(H,30,34). The Hall–Kier alpha value is -3.45. The lowest BCUT2D eigenvalue weighted by Crippen LogP contribution is -2.37. The first kappa shape index (κ1) is 27.1. The molecule has 0 unspecified atom stereocenters. The molecule has 0 aliphatic heterocycles. The van der Waals surface area contributed by atoms with Crippen LogP contribution in [0.5, 0.6) is 17.2 Å². The molecule has 0 saturated heterocycles. The summed E-state index contributed by atoms with van der Waals surface area (Å²) in [6.07, 6.45) is -3.93. The fourth-order valence-corrected chi connectivity index (χ4v) is 3.06. The number of anilines is 1. The van der Waals surface area contributed by atoms with Gasteiger partial charge in [-0.15, -0.1) is 0 Å². The molecule has 3 rings (SSSR count). The van der Waals surface area contributed by atoms with Crippen LogP contribution in [0.2, 0.25) is 5.02 Å². The molecular formula is C20H11B3ClF4N3O5. The van der Waals surface area contributed by atoms with Crippen molar-refractivity contribution in [2.45, 2.75) is 18.2 Å². The second-order valence-corrected chi connectivity index (χ2v) is 7.56. The second-order valence-electron chi connectivity index (χ2n) is 7.15. The van der Waals surface area contributed by atoms with Gasteiger partial charge in [-0.25, -0.2) is 9.07 Å². The number of aliphatic hydroxyl groups is 1. The predicted molar refractivity (Wildman–Crippen MR) is 122 cm³/mol. The van der Waals surface area contributed by atoms with E-state index in [0.29, 0.717) is 16.8 Å². The second kappa shape index (κ2) is 10.3. The van der Waals surface area contributed by atoms with Crippen LogP contribution in [0.25, 0.3) is 0 Å². The van der Waals surface area contributed by atoms with E-state index in [1.807, 2.05) is 0 Å². The maximum Gasteiger partial charge on any atom is 0.417 e. The number of nitrogens with one attached hydrogen (secondary N) is 1. The largest absolute Gasteiger partial charge is 0.512 e. The van der Waals surface area contributed by atoms with Crippen LogP contribution in [0.15, 0.2) is 47.4 Å². The van der Waals surface area contributed by atoms with E-state index < -0.39 is 68.9 Å². The number of hydrogen-bond acceptors (Lipinski definition) is 6. The van der Waals surface area contributed by atoms with Crippen LogP contribution < -0.4 is 20.3 Å². The van der Waals surface area contributed by atoms with Crippen molar-refractivity contribution in [3.8, 4) is 17.2 Å². The number of rotatable bonds is 7. The topological polar surface area (TPSA) is 103 Å². The fourth-order valence-electron chi connectivity index (χ4n) is 2.79. The number of amides is 1. The summed E-state index contributed by atoms with van der Waals surface area (Å²) in [6.45, 7) is -0.725. The van der Waals surface area contributed by atoms with Crippen molar-refractivity contribution in [2.75, 3.05) is 5.32 Å². The van der Waals surface area contributed by atoms with Gasteiger partial charge in [-0.2, -0.15) is 18.3 Å². The van der Waals surface area contributed by atoms with Gasteiger partial charge in [0.2, 0.25) is 0 Å². The van der Waals surface area contributed by atoms with Gasteiger partial charge < -0.3 is 19.9 Å². The summed E-state index contributed by atoms with van der Waals surface area (Å²) in [7, 11) is 16.1. The fraction of sp³-hybridized carbons (Fsp3) is 0.150. The van der Waals surface area contributed by atoms with Crippen molar-refractivity contribution in [1.29, 1.82) is 0 Å². The van der Waals surface area contributed by atoms with Crippen molar-refractivity contribution >= 4 is 46.7 Å². The van der Waals surface area contributed by atoms with Crippen molar-refractivity contribution in [2.24, 2.45) is 0 Å². The first-order valence-corrected chi connectivity index (χ1v) is 9.99. The highest BCUT2D eigenvalue weighted by Gasteiger charge is 2.35. The number of carbonyl (C=O) groups excluding carboxylic acids is 1. The van der Waals surface area contributed by atoms with Gasteiger partial charge in [0.05, 0.1) is 28.0 Å². The van der Waals surface area contributed by atoms with Crippen molar-refractivity contribution < 1.29 is 36.9 Å². The van der Waals surface area contributed by atoms with Crippen LogP contribution in [-0.2, 0) is 12.9 Å². The summed E-state index contributed by atoms with van der Waals surface area (Å²) >= 11 is 5.77. The van der Waals surface area contributed by atoms with Crippen molar-refractivity contribution in [1.82, 2.24) is 9.78 Å². The highest BCUT2D eigenvalue weighted by atomic mass is 35.5. The normalized spacial score (nSPS) is 11.7. The number of benzene rings is 2. The number of carbonyl (C=O) groups is 1. The zero-order chi connectivity index (χ0) is 26.8. The maximum atomic E-state index is 13.7. The molecule has 0 aliphatic rings. The average molecular weight is 517 g/mol. The van der Waals surface area contributed by atoms with Crippen molar-refractivity contribution in [3.63, 3.8) is 0 Å². The number of hydrogen-bond donors (Lipinski definition) is 2. The Bertz CT molecular complexity index is 1370. The molecule has 0 bridgehead atoms. The molecule has 0 spiro atoms. The summed E-state index contributed by atoms with van der Waals surface area (Å²) in [5, 5.41) is 11.7. The Morgan fingerprint density at radius 2 is 1.81 bits per heavy atom. The van der Waals surface area contributed by atoms with Gasteiger partial charge in [-0.1, -0.05) is 11.6 Å². The molecule has 0 saturated carbocycles. The van der Waals surface area contributed by atoms with Gasteiger partial charge in [-0.05, 0) is 29.6 Å². The van der Waals surface area contributed by atoms with E-state index in [-0.39, 0.29) is 5.69 Å². The van der Waals surface area contributed by atoms with E-state index in [9.17, 15) is 27.2 Å².